The highest BCUT2D eigenvalue weighted by Crippen LogP contribution is 2.47. The maximum atomic E-state index is 14.4. The largest absolute Gasteiger partial charge is 0.496 e. The van der Waals surface area contributed by atoms with E-state index in [0.717, 1.165) is 52.9 Å². The molecule has 1 atom stereocenters. The Kier molecular flexibility index (Phi) is 13.2. The number of nitrogens with zero attached hydrogens (tertiary/aromatic N) is 1. The number of hydrogen-bond acceptors (Lipinski definition) is 5. The van der Waals surface area contributed by atoms with Crippen molar-refractivity contribution in [2.24, 2.45) is 5.41 Å². The Balaban J connectivity index is 1.59. The van der Waals surface area contributed by atoms with Crippen LogP contribution in [0.3, 0.4) is 0 Å². The number of halogens is 6. The minimum Gasteiger partial charge on any atom is -0.496 e. The number of carbonyl (C=O) groups excluding carboxylic acids is 1. The van der Waals surface area contributed by atoms with Gasteiger partial charge in [0.15, 0.2) is 0 Å². The number of carboxylic acids is 1. The summed E-state index contributed by atoms with van der Waals surface area (Å²) in [5.41, 5.74) is 0.218. The summed E-state index contributed by atoms with van der Waals surface area (Å²) in [5, 5.41) is 17.1. The van der Waals surface area contributed by atoms with Crippen LogP contribution in [0.5, 0.6) is 5.75 Å². The fraction of sp³-hybridized carbons (Fsp3) is 0.514. The number of likely N-dealkylation sites (tertiary alicyclic amines) is 1. The molecule has 0 radical (unpaired) electrons. The van der Waals surface area contributed by atoms with Gasteiger partial charge in [-0.1, -0.05) is 74.7 Å². The molecule has 1 amide bonds. The Hall–Kier alpha value is -3.84. The molecule has 1 fully saturated rings. The molecule has 3 aromatic carbocycles. The van der Waals surface area contributed by atoms with Crippen molar-refractivity contribution in [2.75, 3.05) is 39.8 Å². The summed E-state index contributed by atoms with van der Waals surface area (Å²) in [5.74, 6) is -2.44. The van der Waals surface area contributed by atoms with Crippen LogP contribution >= 0.6 is 0 Å². The summed E-state index contributed by atoms with van der Waals surface area (Å²) in [6.07, 6.45) is -6.51. The topological polar surface area (TPSA) is 90.9 Å². The summed E-state index contributed by atoms with van der Waals surface area (Å²) in [7, 11) is 1.58. The summed E-state index contributed by atoms with van der Waals surface area (Å²) in [6.45, 7) is 1.21. The Morgan fingerprint density at radius 1 is 0.900 bits per heavy atom. The van der Waals surface area contributed by atoms with E-state index in [1.807, 2.05) is 36.4 Å². The fourth-order valence-corrected chi connectivity index (χ4v) is 6.76. The number of ether oxygens (including phenoxy) is 1. The number of benzene rings is 3. The van der Waals surface area contributed by atoms with Gasteiger partial charge in [-0.25, -0.2) is 4.79 Å². The highest BCUT2D eigenvalue weighted by atomic mass is 19.4. The number of rotatable bonds is 16. The van der Waals surface area contributed by atoms with Gasteiger partial charge in [-0.15, -0.1) is 0 Å². The smallest absolute Gasteiger partial charge is 0.403 e. The van der Waals surface area contributed by atoms with E-state index in [9.17, 15) is 41.0 Å². The van der Waals surface area contributed by atoms with Gasteiger partial charge in [0.1, 0.15) is 17.2 Å². The van der Waals surface area contributed by atoms with E-state index >= 15 is 0 Å². The van der Waals surface area contributed by atoms with Crippen LogP contribution in [0.1, 0.15) is 56.6 Å². The second-order valence-corrected chi connectivity index (χ2v) is 12.9. The van der Waals surface area contributed by atoms with Gasteiger partial charge in [-0.05, 0) is 85.4 Å². The highest BCUT2D eigenvalue weighted by Gasteiger charge is 2.61. The van der Waals surface area contributed by atoms with Crippen molar-refractivity contribution < 1.29 is 45.8 Å². The number of aliphatic carboxylic acids is 1. The van der Waals surface area contributed by atoms with Crippen LogP contribution in [0.15, 0.2) is 54.6 Å². The molecular formula is C37H45F6N3O4. The second-order valence-electron chi connectivity index (χ2n) is 12.9. The molecule has 0 aliphatic carbocycles. The summed E-state index contributed by atoms with van der Waals surface area (Å²) in [4.78, 5) is 26.5. The molecule has 1 aliphatic heterocycles. The highest BCUT2D eigenvalue weighted by molar-refractivity contribution is 6.00. The minimum atomic E-state index is -5.10. The third kappa shape index (κ3) is 9.48. The van der Waals surface area contributed by atoms with Crippen LogP contribution in [0.4, 0.5) is 26.3 Å². The molecule has 1 aliphatic rings. The molecule has 3 aromatic rings. The van der Waals surface area contributed by atoms with Crippen LogP contribution in [-0.4, -0.2) is 80.1 Å². The quantitative estimate of drug-likeness (QED) is 0.105. The van der Waals surface area contributed by atoms with E-state index in [4.69, 9.17) is 4.74 Å². The summed E-state index contributed by atoms with van der Waals surface area (Å²) in [6, 6.07) is 14.9. The molecule has 0 aromatic heterocycles. The molecule has 0 spiro atoms. The number of methoxy groups -OCH3 is 1. The molecule has 274 valence electrons. The number of carboxylic acid groups (broad SMARTS) is 1. The fourth-order valence-electron chi connectivity index (χ4n) is 6.76. The van der Waals surface area contributed by atoms with Crippen LogP contribution in [0.2, 0.25) is 0 Å². The third-order valence-electron chi connectivity index (χ3n) is 9.51. The molecule has 13 heteroatoms. The van der Waals surface area contributed by atoms with Gasteiger partial charge in [-0.3, -0.25) is 9.69 Å². The van der Waals surface area contributed by atoms with Gasteiger partial charge < -0.3 is 20.5 Å². The van der Waals surface area contributed by atoms with Crippen molar-refractivity contribution in [3.05, 3.63) is 65.7 Å². The molecule has 7 nitrogen and oxygen atoms in total. The van der Waals surface area contributed by atoms with E-state index in [2.05, 4.69) is 17.6 Å². The molecule has 3 N–H and O–H groups in total. The van der Waals surface area contributed by atoms with Crippen LogP contribution in [0, 0.1) is 5.41 Å². The standard InChI is InChI=1S/C37H45F6N3O4/c1-3-4-5-6-19-44-20-16-25-10-8-15-31(50-2)32(25)29-14-9-12-27-26(11-7-13-28(27)29)23-30(33(47)48)45-34(49)35(37(41,42)43)17-21-46(22-18-35)24-36(38,39)40/h7-15,30,44H,3-6,16-24H2,1-2H3,(H,45,49)(H,47,48)/t30-/m0/s1. The van der Waals surface area contributed by atoms with Gasteiger partial charge in [0.25, 0.3) is 0 Å². The second kappa shape index (κ2) is 16.9. The van der Waals surface area contributed by atoms with Crippen molar-refractivity contribution in [2.45, 2.75) is 76.7 Å². The van der Waals surface area contributed by atoms with Crippen LogP contribution < -0.4 is 15.4 Å². The zero-order valence-electron chi connectivity index (χ0n) is 28.4. The van der Waals surface area contributed by atoms with Crippen molar-refractivity contribution in [3.63, 3.8) is 0 Å². The normalized spacial score (nSPS) is 15.9. The molecule has 50 heavy (non-hydrogen) atoms. The lowest BCUT2D eigenvalue weighted by atomic mass is 9.76. The first-order chi connectivity index (χ1) is 23.7. The number of hydrogen-bond donors (Lipinski definition) is 3. The number of unbranched alkanes of at least 4 members (excludes halogenated alkanes) is 3. The molecule has 1 saturated heterocycles. The lowest BCUT2D eigenvalue weighted by Gasteiger charge is -2.42. The molecule has 0 bridgehead atoms. The zero-order valence-corrected chi connectivity index (χ0v) is 28.4. The average Bonchev–Trinajstić information content (AvgIpc) is 3.06. The first-order valence-corrected chi connectivity index (χ1v) is 17.0. The van der Waals surface area contributed by atoms with Crippen LogP contribution in [0.25, 0.3) is 21.9 Å². The number of nitrogens with one attached hydrogen (secondary N) is 2. The van der Waals surface area contributed by atoms with Crippen molar-refractivity contribution in [1.82, 2.24) is 15.5 Å². The minimum absolute atomic E-state index is 0.323. The Morgan fingerprint density at radius 3 is 2.20 bits per heavy atom. The van der Waals surface area contributed by atoms with Gasteiger partial charge >= 0.3 is 18.3 Å². The van der Waals surface area contributed by atoms with E-state index in [1.54, 1.807) is 25.3 Å². The summed E-state index contributed by atoms with van der Waals surface area (Å²) >= 11 is 0. The lowest BCUT2D eigenvalue weighted by molar-refractivity contribution is -0.236. The number of carbonyl (C=O) groups is 2. The van der Waals surface area contributed by atoms with Crippen molar-refractivity contribution in [3.8, 4) is 16.9 Å². The summed E-state index contributed by atoms with van der Waals surface area (Å²) < 4.78 is 87.6. The maximum absolute atomic E-state index is 14.4. The van der Waals surface area contributed by atoms with E-state index in [-0.39, 0.29) is 6.42 Å². The number of amides is 1. The first-order valence-electron chi connectivity index (χ1n) is 17.0. The van der Waals surface area contributed by atoms with E-state index in [0.29, 0.717) is 16.7 Å². The molecule has 4 rings (SSSR count). The third-order valence-corrected chi connectivity index (χ3v) is 9.51. The SMILES string of the molecule is CCCCCCNCCc1cccc(OC)c1-c1cccc2c(C[C@H](NC(=O)C3(C(F)(F)F)CCN(CC(F)(F)F)CC3)C(=O)O)cccc12. The Labute approximate surface area is 288 Å². The predicted molar refractivity (Wildman–Crippen MR) is 180 cm³/mol. The number of alkyl halides is 6. The van der Waals surface area contributed by atoms with Crippen molar-refractivity contribution >= 4 is 22.6 Å². The number of fused-ring (bicyclic) bond motifs is 1. The van der Waals surface area contributed by atoms with Gasteiger partial charge in [0.2, 0.25) is 5.91 Å². The molecular weight excluding hydrogens is 664 g/mol. The molecule has 1 heterocycles. The lowest BCUT2D eigenvalue weighted by Crippen LogP contribution is -2.59. The monoisotopic (exact) mass is 709 g/mol. The molecule has 0 unspecified atom stereocenters. The van der Waals surface area contributed by atoms with Gasteiger partial charge in [0, 0.05) is 12.0 Å². The zero-order chi connectivity index (χ0) is 36.5. The van der Waals surface area contributed by atoms with Crippen LogP contribution in [-0.2, 0) is 22.4 Å². The predicted octanol–water partition coefficient (Wildman–Crippen LogP) is 7.55. The van der Waals surface area contributed by atoms with E-state index < -0.39 is 68.2 Å². The van der Waals surface area contributed by atoms with E-state index in [1.165, 1.54) is 19.3 Å². The van der Waals surface area contributed by atoms with Gasteiger partial charge in [-0.2, -0.15) is 26.3 Å². The maximum Gasteiger partial charge on any atom is 0.403 e. The Bertz CT molecular complexity index is 1600. The van der Waals surface area contributed by atoms with Gasteiger partial charge in [0.05, 0.1) is 13.7 Å². The molecule has 0 saturated carbocycles. The van der Waals surface area contributed by atoms with Crippen molar-refractivity contribution in [1.29, 1.82) is 0 Å². The first kappa shape index (κ1) is 39.0. The number of piperidine rings is 1. The Morgan fingerprint density at radius 2 is 1.56 bits per heavy atom. The average molecular weight is 710 g/mol.